The normalized spacial score (nSPS) is 21.3. The number of rotatable bonds is 3. The van der Waals surface area contributed by atoms with E-state index in [1.54, 1.807) is 12.4 Å². The summed E-state index contributed by atoms with van der Waals surface area (Å²) in [6, 6.07) is 1.99. The molecule has 1 saturated heterocycles. The molecule has 2 heterocycles. The van der Waals surface area contributed by atoms with E-state index >= 15 is 0 Å². The van der Waals surface area contributed by atoms with Crippen molar-refractivity contribution in [1.82, 2.24) is 10.3 Å². The third-order valence-corrected chi connectivity index (χ3v) is 3.77. The van der Waals surface area contributed by atoms with E-state index in [1.807, 2.05) is 17.8 Å². The number of hydrogen-bond donors (Lipinski definition) is 2. The lowest BCUT2D eigenvalue weighted by Gasteiger charge is -2.08. The van der Waals surface area contributed by atoms with Crippen molar-refractivity contribution in [1.29, 1.82) is 0 Å². The minimum atomic E-state index is 0.795. The Kier molecular flexibility index (Phi) is 3.26. The highest BCUT2D eigenvalue weighted by molar-refractivity contribution is 7.99. The Morgan fingerprint density at radius 1 is 1.64 bits per heavy atom. The predicted molar refractivity (Wildman–Crippen MR) is 60.4 cm³/mol. The van der Waals surface area contributed by atoms with E-state index in [-0.39, 0.29) is 0 Å². The van der Waals surface area contributed by atoms with Crippen LogP contribution in [0.25, 0.3) is 0 Å². The number of anilines is 1. The second-order valence-corrected chi connectivity index (χ2v) is 4.65. The third-order valence-electron chi connectivity index (χ3n) is 2.45. The molecule has 2 rings (SSSR count). The average Bonchev–Trinajstić information content (AvgIpc) is 2.69. The highest BCUT2D eigenvalue weighted by Crippen LogP contribution is 2.26. The number of nitrogens with two attached hydrogens (primary N) is 1. The summed E-state index contributed by atoms with van der Waals surface area (Å²) in [6.45, 7) is 2.31. The summed E-state index contributed by atoms with van der Waals surface area (Å²) in [5.74, 6) is 1.95. The van der Waals surface area contributed by atoms with Gasteiger partial charge in [-0.15, -0.1) is 11.8 Å². The van der Waals surface area contributed by atoms with Crippen molar-refractivity contribution in [2.24, 2.45) is 5.92 Å². The molecule has 0 aliphatic carbocycles. The fraction of sp³-hybridized carbons (Fsp3) is 0.500. The van der Waals surface area contributed by atoms with Gasteiger partial charge < -0.3 is 11.1 Å². The minimum Gasteiger partial charge on any atom is -0.397 e. The summed E-state index contributed by atoms with van der Waals surface area (Å²) < 4.78 is 0. The van der Waals surface area contributed by atoms with E-state index in [1.165, 1.54) is 6.42 Å². The highest BCUT2D eigenvalue weighted by Gasteiger charge is 2.14. The zero-order valence-corrected chi connectivity index (χ0v) is 8.89. The molecule has 1 aliphatic rings. The molecule has 1 aliphatic heterocycles. The lowest BCUT2D eigenvalue weighted by atomic mass is 10.2. The van der Waals surface area contributed by atoms with Crippen LogP contribution in [0.2, 0.25) is 0 Å². The molecular formula is C10H15N3S. The highest BCUT2D eigenvalue weighted by atomic mass is 32.2. The summed E-state index contributed by atoms with van der Waals surface area (Å²) in [5, 5.41) is 3.37. The number of nitrogen functional groups attached to an aromatic ring is 1. The molecule has 1 atom stereocenters. The number of aromatic nitrogens is 1. The SMILES string of the molecule is Nc1cnccc1SCC1CCNC1. The number of nitrogens with zero attached hydrogens (tertiary/aromatic N) is 1. The van der Waals surface area contributed by atoms with Crippen LogP contribution >= 0.6 is 11.8 Å². The van der Waals surface area contributed by atoms with Crippen molar-refractivity contribution < 1.29 is 0 Å². The summed E-state index contributed by atoms with van der Waals surface area (Å²) >= 11 is 1.84. The van der Waals surface area contributed by atoms with Crippen LogP contribution < -0.4 is 11.1 Å². The van der Waals surface area contributed by atoms with E-state index in [2.05, 4.69) is 10.3 Å². The van der Waals surface area contributed by atoms with E-state index in [0.29, 0.717) is 0 Å². The van der Waals surface area contributed by atoms with Crippen LogP contribution in [0.1, 0.15) is 6.42 Å². The molecule has 1 aromatic rings. The molecular weight excluding hydrogens is 194 g/mol. The largest absolute Gasteiger partial charge is 0.397 e. The molecule has 76 valence electrons. The second kappa shape index (κ2) is 4.66. The molecule has 0 bridgehead atoms. The van der Waals surface area contributed by atoms with Gasteiger partial charge >= 0.3 is 0 Å². The zero-order chi connectivity index (χ0) is 9.80. The maximum Gasteiger partial charge on any atom is 0.0638 e. The molecule has 0 radical (unpaired) electrons. The van der Waals surface area contributed by atoms with E-state index in [4.69, 9.17) is 5.73 Å². The van der Waals surface area contributed by atoms with Crippen molar-refractivity contribution in [3.8, 4) is 0 Å². The first kappa shape index (κ1) is 9.80. The Balaban J connectivity index is 1.88. The number of nitrogens with one attached hydrogen (secondary N) is 1. The van der Waals surface area contributed by atoms with Crippen molar-refractivity contribution in [2.75, 3.05) is 24.6 Å². The quantitative estimate of drug-likeness (QED) is 0.738. The van der Waals surface area contributed by atoms with E-state index in [9.17, 15) is 0 Å². The Hall–Kier alpha value is -0.740. The molecule has 1 unspecified atom stereocenters. The topological polar surface area (TPSA) is 50.9 Å². The van der Waals surface area contributed by atoms with Gasteiger partial charge in [0.05, 0.1) is 11.9 Å². The van der Waals surface area contributed by atoms with E-state index < -0.39 is 0 Å². The van der Waals surface area contributed by atoms with Gasteiger partial charge in [-0.05, 0) is 31.5 Å². The fourth-order valence-electron chi connectivity index (χ4n) is 1.59. The van der Waals surface area contributed by atoms with Gasteiger partial charge in [-0.1, -0.05) is 0 Å². The standard InChI is InChI=1S/C10H15N3S/c11-9-6-13-4-2-10(9)14-7-8-1-3-12-5-8/h2,4,6,8,12H,1,3,5,7,11H2. The maximum absolute atomic E-state index is 5.81. The summed E-state index contributed by atoms with van der Waals surface area (Å²) in [5.41, 5.74) is 6.60. The molecule has 3 N–H and O–H groups in total. The van der Waals surface area contributed by atoms with Gasteiger partial charge in [0.2, 0.25) is 0 Å². The first-order valence-electron chi connectivity index (χ1n) is 4.89. The number of hydrogen-bond acceptors (Lipinski definition) is 4. The van der Waals surface area contributed by atoms with Gasteiger partial charge in [0.1, 0.15) is 0 Å². The molecule has 0 amide bonds. The molecule has 0 spiro atoms. The van der Waals surface area contributed by atoms with Gasteiger partial charge in [-0.2, -0.15) is 0 Å². The minimum absolute atomic E-state index is 0.795. The van der Waals surface area contributed by atoms with Gasteiger partial charge in [-0.3, -0.25) is 4.98 Å². The molecule has 3 nitrogen and oxygen atoms in total. The molecule has 1 aromatic heterocycles. The zero-order valence-electron chi connectivity index (χ0n) is 8.07. The first-order chi connectivity index (χ1) is 6.86. The molecule has 0 saturated carbocycles. The molecule has 0 aromatic carbocycles. The Labute approximate surface area is 88.5 Å². The van der Waals surface area contributed by atoms with Crippen LogP contribution in [0, 0.1) is 5.92 Å². The van der Waals surface area contributed by atoms with Crippen LogP contribution in [-0.2, 0) is 0 Å². The van der Waals surface area contributed by atoms with Crippen molar-refractivity contribution in [3.05, 3.63) is 18.5 Å². The Morgan fingerprint density at radius 3 is 3.29 bits per heavy atom. The smallest absolute Gasteiger partial charge is 0.0638 e. The van der Waals surface area contributed by atoms with Crippen molar-refractivity contribution in [2.45, 2.75) is 11.3 Å². The Morgan fingerprint density at radius 2 is 2.57 bits per heavy atom. The summed E-state index contributed by atoms with van der Waals surface area (Å²) in [6.07, 6.45) is 4.80. The van der Waals surface area contributed by atoms with Gasteiger partial charge in [-0.25, -0.2) is 0 Å². The average molecular weight is 209 g/mol. The van der Waals surface area contributed by atoms with Gasteiger partial charge in [0, 0.05) is 16.8 Å². The molecule has 4 heteroatoms. The van der Waals surface area contributed by atoms with Gasteiger partial charge in [0.15, 0.2) is 0 Å². The predicted octanol–water partition coefficient (Wildman–Crippen LogP) is 1.37. The molecule has 14 heavy (non-hydrogen) atoms. The monoisotopic (exact) mass is 209 g/mol. The first-order valence-corrected chi connectivity index (χ1v) is 5.88. The Bertz CT molecular complexity index is 297. The van der Waals surface area contributed by atoms with Gasteiger partial charge in [0.25, 0.3) is 0 Å². The maximum atomic E-state index is 5.81. The van der Waals surface area contributed by atoms with E-state index in [0.717, 1.165) is 35.3 Å². The van der Waals surface area contributed by atoms with Crippen LogP contribution in [0.4, 0.5) is 5.69 Å². The molecule has 1 fully saturated rings. The summed E-state index contributed by atoms with van der Waals surface area (Å²) in [4.78, 5) is 5.13. The summed E-state index contributed by atoms with van der Waals surface area (Å²) in [7, 11) is 0. The third kappa shape index (κ3) is 2.39. The van der Waals surface area contributed by atoms with Crippen molar-refractivity contribution >= 4 is 17.4 Å². The lowest BCUT2D eigenvalue weighted by Crippen LogP contribution is -2.10. The van der Waals surface area contributed by atoms with Crippen LogP contribution in [-0.4, -0.2) is 23.8 Å². The van der Waals surface area contributed by atoms with Crippen LogP contribution in [0.3, 0.4) is 0 Å². The fourth-order valence-corrected chi connectivity index (χ4v) is 2.67. The van der Waals surface area contributed by atoms with Crippen molar-refractivity contribution in [3.63, 3.8) is 0 Å². The second-order valence-electron chi connectivity index (χ2n) is 3.58. The lowest BCUT2D eigenvalue weighted by molar-refractivity contribution is 0.663. The van der Waals surface area contributed by atoms with Crippen LogP contribution in [0.15, 0.2) is 23.4 Å². The van der Waals surface area contributed by atoms with Crippen LogP contribution in [0.5, 0.6) is 0 Å². The number of pyridine rings is 1. The number of thioether (sulfide) groups is 1.